The van der Waals surface area contributed by atoms with Crippen molar-refractivity contribution in [2.24, 2.45) is 5.92 Å². The number of carbonyl (C=O) groups is 2. The quantitative estimate of drug-likeness (QED) is 0.516. The van der Waals surface area contributed by atoms with Crippen LogP contribution < -0.4 is 0 Å². The molecule has 1 aliphatic carbocycles. The highest BCUT2D eigenvalue weighted by Gasteiger charge is 2.21. The van der Waals surface area contributed by atoms with Gasteiger partial charge >= 0.3 is 5.97 Å². The van der Waals surface area contributed by atoms with Gasteiger partial charge in [0.15, 0.2) is 0 Å². The van der Waals surface area contributed by atoms with E-state index in [2.05, 4.69) is 0 Å². The summed E-state index contributed by atoms with van der Waals surface area (Å²) >= 11 is 0. The second-order valence-electron chi connectivity index (χ2n) is 4.60. The molecule has 16 heavy (non-hydrogen) atoms. The van der Waals surface area contributed by atoms with E-state index >= 15 is 0 Å². The molecule has 1 aliphatic rings. The summed E-state index contributed by atoms with van der Waals surface area (Å²) < 4.78 is 4.85. The summed E-state index contributed by atoms with van der Waals surface area (Å²) in [7, 11) is 0. The Labute approximate surface area is 97.5 Å². The lowest BCUT2D eigenvalue weighted by atomic mass is 9.84. The van der Waals surface area contributed by atoms with Gasteiger partial charge in [-0.15, -0.1) is 0 Å². The van der Waals surface area contributed by atoms with Gasteiger partial charge in [-0.1, -0.05) is 19.3 Å². The lowest BCUT2D eigenvalue weighted by Gasteiger charge is -2.19. The zero-order valence-electron chi connectivity index (χ0n) is 10.2. The fraction of sp³-hybridized carbons (Fsp3) is 0.846. The first-order valence-corrected chi connectivity index (χ1v) is 6.36. The molecule has 0 N–H and O–H groups in total. The second kappa shape index (κ2) is 7.42. The summed E-state index contributed by atoms with van der Waals surface area (Å²) in [6, 6.07) is 0. The molecule has 0 spiro atoms. The van der Waals surface area contributed by atoms with Gasteiger partial charge in [0.05, 0.1) is 6.61 Å². The van der Waals surface area contributed by atoms with E-state index < -0.39 is 0 Å². The van der Waals surface area contributed by atoms with Crippen molar-refractivity contribution < 1.29 is 14.3 Å². The van der Waals surface area contributed by atoms with Crippen molar-refractivity contribution >= 4 is 11.8 Å². The van der Waals surface area contributed by atoms with Crippen LogP contribution in [0, 0.1) is 5.92 Å². The molecule has 0 aromatic rings. The van der Waals surface area contributed by atoms with Crippen molar-refractivity contribution in [2.75, 3.05) is 6.61 Å². The van der Waals surface area contributed by atoms with Crippen LogP contribution in [0.25, 0.3) is 0 Å². The fourth-order valence-corrected chi connectivity index (χ4v) is 2.25. The molecule has 3 nitrogen and oxygen atoms in total. The molecule has 92 valence electrons. The maximum Gasteiger partial charge on any atom is 0.302 e. The second-order valence-corrected chi connectivity index (χ2v) is 4.60. The number of hydrogen-bond donors (Lipinski definition) is 0. The summed E-state index contributed by atoms with van der Waals surface area (Å²) in [5.74, 6) is 0.580. The third-order valence-electron chi connectivity index (χ3n) is 3.18. The van der Waals surface area contributed by atoms with Crippen LogP contribution in [0.15, 0.2) is 0 Å². The predicted molar refractivity (Wildman–Crippen MR) is 62.1 cm³/mol. The van der Waals surface area contributed by atoms with Crippen LogP contribution in [0.2, 0.25) is 0 Å². The van der Waals surface area contributed by atoms with Crippen molar-refractivity contribution in [2.45, 2.75) is 58.3 Å². The summed E-state index contributed by atoms with van der Waals surface area (Å²) in [4.78, 5) is 22.0. The average molecular weight is 226 g/mol. The Kier molecular flexibility index (Phi) is 6.12. The highest BCUT2D eigenvalue weighted by Crippen LogP contribution is 2.25. The maximum atomic E-state index is 11.5. The van der Waals surface area contributed by atoms with Gasteiger partial charge in [0, 0.05) is 19.3 Å². The molecule has 1 rings (SSSR count). The number of ether oxygens (including phenoxy) is 1. The Morgan fingerprint density at radius 2 is 2.12 bits per heavy atom. The average Bonchev–Trinajstić information content (AvgIpc) is 2.25. The van der Waals surface area contributed by atoms with Gasteiger partial charge in [-0.25, -0.2) is 0 Å². The first-order chi connectivity index (χ1) is 7.70. The van der Waals surface area contributed by atoms with Crippen LogP contribution in [-0.2, 0) is 14.3 Å². The zero-order valence-corrected chi connectivity index (χ0v) is 10.2. The highest BCUT2D eigenvalue weighted by molar-refractivity contribution is 5.81. The van der Waals surface area contributed by atoms with Crippen LogP contribution in [0.1, 0.15) is 58.3 Å². The molecule has 1 atom stereocenters. The Bertz CT molecular complexity index is 235. The van der Waals surface area contributed by atoms with Gasteiger partial charge in [0.25, 0.3) is 0 Å². The smallest absolute Gasteiger partial charge is 0.302 e. The third-order valence-corrected chi connectivity index (χ3v) is 3.18. The molecule has 0 heterocycles. The first kappa shape index (κ1) is 13.2. The minimum Gasteiger partial charge on any atom is -0.466 e. The Morgan fingerprint density at radius 3 is 2.81 bits per heavy atom. The Balaban J connectivity index is 1.98. The van der Waals surface area contributed by atoms with Gasteiger partial charge < -0.3 is 4.74 Å². The largest absolute Gasteiger partial charge is 0.466 e. The van der Waals surface area contributed by atoms with E-state index in [1.165, 1.54) is 13.3 Å². The summed E-state index contributed by atoms with van der Waals surface area (Å²) in [6.45, 7) is 1.95. The normalized spacial score (nSPS) is 20.8. The van der Waals surface area contributed by atoms with E-state index in [-0.39, 0.29) is 5.97 Å². The van der Waals surface area contributed by atoms with Crippen molar-refractivity contribution in [1.82, 2.24) is 0 Å². The number of rotatable bonds is 6. The van der Waals surface area contributed by atoms with Crippen molar-refractivity contribution in [3.63, 3.8) is 0 Å². The van der Waals surface area contributed by atoms with E-state index in [1.807, 2.05) is 0 Å². The molecular weight excluding hydrogens is 204 g/mol. The van der Waals surface area contributed by atoms with Gasteiger partial charge in [-0.3, -0.25) is 9.59 Å². The minimum absolute atomic E-state index is 0.206. The van der Waals surface area contributed by atoms with E-state index in [1.54, 1.807) is 0 Å². The van der Waals surface area contributed by atoms with Crippen molar-refractivity contribution in [3.05, 3.63) is 0 Å². The van der Waals surface area contributed by atoms with Gasteiger partial charge in [-0.2, -0.15) is 0 Å². The molecule has 1 fully saturated rings. The van der Waals surface area contributed by atoms with E-state index in [9.17, 15) is 9.59 Å². The van der Waals surface area contributed by atoms with Crippen molar-refractivity contribution in [3.8, 4) is 0 Å². The van der Waals surface area contributed by atoms with E-state index in [0.29, 0.717) is 18.3 Å². The third kappa shape index (κ3) is 5.29. The summed E-state index contributed by atoms with van der Waals surface area (Å²) in [6.07, 6.45) is 8.25. The number of hydrogen-bond acceptors (Lipinski definition) is 3. The predicted octanol–water partition coefficient (Wildman–Crippen LogP) is 2.87. The molecule has 1 saturated carbocycles. The topological polar surface area (TPSA) is 43.4 Å². The standard InChI is InChI=1S/C13H22O3/c1-11(14)16-10-6-2-3-7-12-8-4-5-9-13(12)15/h12H,2-10H2,1H3. The monoisotopic (exact) mass is 226 g/mol. The number of esters is 1. The van der Waals surface area contributed by atoms with E-state index in [4.69, 9.17) is 4.74 Å². The Hall–Kier alpha value is -0.860. The van der Waals surface area contributed by atoms with Crippen LogP contribution in [-0.4, -0.2) is 18.4 Å². The molecule has 3 heteroatoms. The molecule has 0 radical (unpaired) electrons. The van der Waals surface area contributed by atoms with Gasteiger partial charge in [-0.05, 0) is 25.7 Å². The highest BCUT2D eigenvalue weighted by atomic mass is 16.5. The van der Waals surface area contributed by atoms with E-state index in [0.717, 1.165) is 44.9 Å². The zero-order chi connectivity index (χ0) is 11.8. The lowest BCUT2D eigenvalue weighted by Crippen LogP contribution is -2.18. The molecule has 1 unspecified atom stereocenters. The Morgan fingerprint density at radius 1 is 1.31 bits per heavy atom. The fourth-order valence-electron chi connectivity index (χ4n) is 2.25. The van der Waals surface area contributed by atoms with Gasteiger partial charge in [0.2, 0.25) is 0 Å². The van der Waals surface area contributed by atoms with Crippen LogP contribution >= 0.6 is 0 Å². The van der Waals surface area contributed by atoms with Crippen LogP contribution in [0.5, 0.6) is 0 Å². The number of Topliss-reactive ketones (excluding diaryl/α,β-unsaturated/α-hetero) is 1. The SMILES string of the molecule is CC(=O)OCCCCCC1CCCCC1=O. The molecule has 0 aromatic carbocycles. The minimum atomic E-state index is -0.206. The van der Waals surface area contributed by atoms with Crippen LogP contribution in [0.4, 0.5) is 0 Å². The maximum absolute atomic E-state index is 11.5. The summed E-state index contributed by atoms with van der Waals surface area (Å²) in [5.41, 5.74) is 0. The van der Waals surface area contributed by atoms with Crippen LogP contribution in [0.3, 0.4) is 0 Å². The molecule has 0 bridgehead atoms. The molecule has 0 aromatic heterocycles. The lowest BCUT2D eigenvalue weighted by molar-refractivity contribution is -0.141. The van der Waals surface area contributed by atoms with Crippen molar-refractivity contribution in [1.29, 1.82) is 0 Å². The molecule has 0 saturated heterocycles. The van der Waals surface area contributed by atoms with Gasteiger partial charge in [0.1, 0.15) is 5.78 Å². The molecule has 0 aliphatic heterocycles. The molecular formula is C13H22O3. The number of unbranched alkanes of at least 4 members (excludes halogenated alkanes) is 2. The summed E-state index contributed by atoms with van der Waals surface area (Å²) in [5, 5.41) is 0. The molecule has 0 amide bonds. The first-order valence-electron chi connectivity index (χ1n) is 6.36. The number of carbonyl (C=O) groups excluding carboxylic acids is 2. The number of ketones is 1.